The van der Waals surface area contributed by atoms with Gasteiger partial charge >= 0.3 is 0 Å². The molecule has 3 aromatic carbocycles. The molecule has 7 nitrogen and oxygen atoms in total. The Balaban J connectivity index is 2.04. The van der Waals surface area contributed by atoms with Crippen LogP contribution in [0.5, 0.6) is 0 Å². The fourth-order valence-corrected chi connectivity index (χ4v) is 5.97. The van der Waals surface area contributed by atoms with E-state index in [4.69, 9.17) is 23.2 Å². The predicted octanol–water partition coefficient (Wildman–Crippen LogP) is 6.36. The van der Waals surface area contributed by atoms with Crippen LogP contribution in [0.25, 0.3) is 0 Å². The molecule has 0 radical (unpaired) electrons. The van der Waals surface area contributed by atoms with E-state index in [0.717, 1.165) is 34.8 Å². The third-order valence-corrected chi connectivity index (χ3v) is 9.08. The lowest BCUT2D eigenvalue weighted by Crippen LogP contribution is -2.52. The average molecular weight is 623 g/mol. The summed E-state index contributed by atoms with van der Waals surface area (Å²) in [4.78, 5) is 28.6. The molecule has 220 valence electrons. The standard InChI is InChI=1S/C30H34Cl2FN3O4S/c1-4-6-17-34-30(38)28(5-2)35(19-22-9-16-26(31)27(32)18-22)29(37)20-36(24-12-10-23(33)11-13-24)41(39,40)25-14-7-21(3)8-15-25/h7-16,18,28H,4-6,17,19-20H2,1-3H3,(H,34,38)/t28-/m1/s1. The van der Waals surface area contributed by atoms with Crippen LogP contribution in [0.1, 0.15) is 44.2 Å². The second-order valence-corrected chi connectivity index (χ2v) is 12.3. The van der Waals surface area contributed by atoms with Crippen molar-refractivity contribution >= 4 is 50.7 Å². The van der Waals surface area contributed by atoms with E-state index in [9.17, 15) is 22.4 Å². The molecule has 0 aromatic heterocycles. The van der Waals surface area contributed by atoms with Gasteiger partial charge in [-0.3, -0.25) is 13.9 Å². The number of amides is 2. The van der Waals surface area contributed by atoms with Crippen molar-refractivity contribution in [1.29, 1.82) is 0 Å². The minimum atomic E-state index is -4.24. The van der Waals surface area contributed by atoms with Crippen LogP contribution in [0, 0.1) is 12.7 Å². The number of carbonyl (C=O) groups excluding carboxylic acids is 2. The first-order valence-corrected chi connectivity index (χ1v) is 15.5. The van der Waals surface area contributed by atoms with E-state index >= 15 is 0 Å². The molecule has 0 saturated heterocycles. The second kappa shape index (κ2) is 14.7. The first kappa shape index (κ1) is 32.4. The summed E-state index contributed by atoms with van der Waals surface area (Å²) in [6.45, 7) is 5.42. The van der Waals surface area contributed by atoms with Gasteiger partial charge in [-0.05, 0) is 73.9 Å². The Hall–Kier alpha value is -3.14. The number of rotatable bonds is 13. The molecule has 0 unspecified atom stereocenters. The zero-order valence-corrected chi connectivity index (χ0v) is 25.6. The van der Waals surface area contributed by atoms with Crippen LogP contribution < -0.4 is 9.62 Å². The molecule has 3 rings (SSSR count). The molecule has 0 saturated carbocycles. The van der Waals surface area contributed by atoms with Crippen LogP contribution in [0.3, 0.4) is 0 Å². The Morgan fingerprint density at radius 2 is 1.61 bits per heavy atom. The molecule has 1 atom stereocenters. The highest BCUT2D eigenvalue weighted by atomic mass is 35.5. The minimum absolute atomic E-state index is 0.0166. The highest BCUT2D eigenvalue weighted by Crippen LogP contribution is 2.27. The van der Waals surface area contributed by atoms with Crippen molar-refractivity contribution in [3.8, 4) is 0 Å². The van der Waals surface area contributed by atoms with Gasteiger partial charge in [0.25, 0.3) is 10.0 Å². The van der Waals surface area contributed by atoms with Crippen molar-refractivity contribution in [3.63, 3.8) is 0 Å². The number of nitrogens with one attached hydrogen (secondary N) is 1. The normalized spacial score (nSPS) is 12.0. The topological polar surface area (TPSA) is 86.8 Å². The highest BCUT2D eigenvalue weighted by Gasteiger charge is 2.33. The van der Waals surface area contributed by atoms with Gasteiger partial charge < -0.3 is 10.2 Å². The number of aryl methyl sites for hydroxylation is 1. The second-order valence-electron chi connectivity index (χ2n) is 9.64. The first-order chi connectivity index (χ1) is 19.5. The van der Waals surface area contributed by atoms with Crippen LogP contribution in [-0.4, -0.2) is 44.3 Å². The molecule has 41 heavy (non-hydrogen) atoms. The van der Waals surface area contributed by atoms with Gasteiger partial charge in [0.2, 0.25) is 11.8 Å². The van der Waals surface area contributed by atoms with Gasteiger partial charge in [-0.25, -0.2) is 12.8 Å². The van der Waals surface area contributed by atoms with Crippen LogP contribution in [-0.2, 0) is 26.2 Å². The first-order valence-electron chi connectivity index (χ1n) is 13.3. The van der Waals surface area contributed by atoms with Crippen molar-refractivity contribution in [1.82, 2.24) is 10.2 Å². The van der Waals surface area contributed by atoms with E-state index in [0.29, 0.717) is 17.1 Å². The summed E-state index contributed by atoms with van der Waals surface area (Å²) >= 11 is 12.3. The number of unbranched alkanes of at least 4 members (excludes halogenated alkanes) is 1. The summed E-state index contributed by atoms with van der Waals surface area (Å²) < 4.78 is 42.4. The summed E-state index contributed by atoms with van der Waals surface area (Å²) in [5.74, 6) is -1.51. The van der Waals surface area contributed by atoms with Crippen LogP contribution in [0.15, 0.2) is 71.6 Å². The lowest BCUT2D eigenvalue weighted by Gasteiger charge is -2.33. The van der Waals surface area contributed by atoms with Gasteiger partial charge in [-0.1, -0.05) is 67.2 Å². The van der Waals surface area contributed by atoms with Crippen molar-refractivity contribution in [3.05, 3.63) is 93.7 Å². The van der Waals surface area contributed by atoms with E-state index in [-0.39, 0.29) is 34.5 Å². The van der Waals surface area contributed by atoms with E-state index < -0.39 is 34.3 Å². The number of nitrogens with zero attached hydrogens (tertiary/aromatic N) is 2. The molecule has 0 bridgehead atoms. The van der Waals surface area contributed by atoms with Gasteiger partial charge in [-0.2, -0.15) is 0 Å². The SMILES string of the molecule is CCCCNC(=O)[C@@H](CC)N(Cc1ccc(Cl)c(Cl)c1)C(=O)CN(c1ccc(F)cc1)S(=O)(=O)c1ccc(C)cc1. The lowest BCUT2D eigenvalue weighted by molar-refractivity contribution is -0.140. The van der Waals surface area contributed by atoms with Gasteiger partial charge in [0.05, 0.1) is 20.6 Å². The van der Waals surface area contributed by atoms with E-state index in [1.54, 1.807) is 37.3 Å². The Labute approximate surface area is 251 Å². The minimum Gasteiger partial charge on any atom is -0.354 e. The number of sulfonamides is 1. The van der Waals surface area contributed by atoms with E-state index in [1.807, 2.05) is 13.8 Å². The monoisotopic (exact) mass is 621 g/mol. The largest absolute Gasteiger partial charge is 0.354 e. The van der Waals surface area contributed by atoms with E-state index in [2.05, 4.69) is 5.32 Å². The van der Waals surface area contributed by atoms with Gasteiger partial charge in [0.15, 0.2) is 0 Å². The molecular weight excluding hydrogens is 588 g/mol. The number of halogens is 3. The number of carbonyl (C=O) groups is 2. The van der Waals surface area contributed by atoms with Crippen molar-refractivity contribution in [2.24, 2.45) is 0 Å². The summed E-state index contributed by atoms with van der Waals surface area (Å²) in [6.07, 6.45) is 1.94. The van der Waals surface area contributed by atoms with Gasteiger partial charge in [0, 0.05) is 13.1 Å². The highest BCUT2D eigenvalue weighted by molar-refractivity contribution is 7.92. The Kier molecular flexibility index (Phi) is 11.6. The van der Waals surface area contributed by atoms with Crippen LogP contribution in [0.2, 0.25) is 10.0 Å². The molecule has 0 aliphatic rings. The Morgan fingerprint density at radius 1 is 0.951 bits per heavy atom. The lowest BCUT2D eigenvalue weighted by atomic mass is 10.1. The Bertz CT molecular complexity index is 1450. The smallest absolute Gasteiger partial charge is 0.264 e. The number of anilines is 1. The molecule has 0 heterocycles. The molecule has 11 heteroatoms. The summed E-state index contributed by atoms with van der Waals surface area (Å²) in [5, 5.41) is 3.50. The summed E-state index contributed by atoms with van der Waals surface area (Å²) in [5.41, 5.74) is 1.58. The van der Waals surface area contributed by atoms with Crippen molar-refractivity contribution in [2.45, 2.75) is 57.5 Å². The fraction of sp³-hybridized carbons (Fsp3) is 0.333. The van der Waals surface area contributed by atoms with Crippen molar-refractivity contribution < 1.29 is 22.4 Å². The van der Waals surface area contributed by atoms with Crippen LogP contribution >= 0.6 is 23.2 Å². The third kappa shape index (κ3) is 8.44. The van der Waals surface area contributed by atoms with E-state index in [1.165, 1.54) is 29.2 Å². The molecule has 1 N–H and O–H groups in total. The van der Waals surface area contributed by atoms with Crippen molar-refractivity contribution in [2.75, 3.05) is 17.4 Å². The summed E-state index contributed by atoms with van der Waals surface area (Å²) in [6, 6.07) is 15.1. The van der Waals surface area contributed by atoms with Gasteiger partial charge in [-0.15, -0.1) is 0 Å². The predicted molar refractivity (Wildman–Crippen MR) is 161 cm³/mol. The molecule has 0 spiro atoms. The summed E-state index contributed by atoms with van der Waals surface area (Å²) in [7, 11) is -4.24. The van der Waals surface area contributed by atoms with Gasteiger partial charge in [0.1, 0.15) is 18.4 Å². The van der Waals surface area contributed by atoms with Crippen LogP contribution in [0.4, 0.5) is 10.1 Å². The number of benzene rings is 3. The fourth-order valence-electron chi connectivity index (χ4n) is 4.23. The molecular formula is C30H34Cl2FN3O4S. The number of hydrogen-bond donors (Lipinski definition) is 1. The third-order valence-electron chi connectivity index (χ3n) is 6.55. The zero-order valence-electron chi connectivity index (χ0n) is 23.2. The average Bonchev–Trinajstić information content (AvgIpc) is 2.94. The molecule has 0 aliphatic carbocycles. The quantitative estimate of drug-likeness (QED) is 0.225. The maximum Gasteiger partial charge on any atom is 0.264 e. The molecule has 0 fully saturated rings. The Morgan fingerprint density at radius 3 is 2.20 bits per heavy atom. The zero-order chi connectivity index (χ0) is 30.2. The maximum atomic E-state index is 14.0. The number of hydrogen-bond acceptors (Lipinski definition) is 4. The molecule has 3 aromatic rings. The molecule has 2 amide bonds. The molecule has 0 aliphatic heterocycles. The maximum absolute atomic E-state index is 14.0.